The summed E-state index contributed by atoms with van der Waals surface area (Å²) >= 11 is 0. The van der Waals surface area contributed by atoms with Crippen molar-refractivity contribution in [1.29, 1.82) is 0 Å². The average Bonchev–Trinajstić information content (AvgIpc) is 2.58. The number of rotatable bonds is 3. The predicted octanol–water partition coefficient (Wildman–Crippen LogP) is 1.59. The second kappa shape index (κ2) is 3.54. The third-order valence-electron chi connectivity index (χ3n) is 2.31. The molecule has 0 atom stereocenters. The van der Waals surface area contributed by atoms with Crippen molar-refractivity contribution in [2.24, 2.45) is 5.73 Å². The lowest BCUT2D eigenvalue weighted by atomic mass is 10.1. The van der Waals surface area contributed by atoms with E-state index in [2.05, 4.69) is 4.98 Å². The highest BCUT2D eigenvalue weighted by atomic mass is 16.1. The van der Waals surface area contributed by atoms with Crippen LogP contribution in [0, 0.1) is 0 Å². The summed E-state index contributed by atoms with van der Waals surface area (Å²) in [5.74, 6) is -0.260. The predicted molar refractivity (Wildman–Crippen MR) is 55.8 cm³/mol. The lowest BCUT2D eigenvalue weighted by Crippen LogP contribution is -2.11. The normalized spacial score (nSPS) is 10.6. The Labute approximate surface area is 81.9 Å². The van der Waals surface area contributed by atoms with Crippen LogP contribution >= 0.6 is 0 Å². The maximum Gasteiger partial charge on any atom is 0.217 e. The van der Waals surface area contributed by atoms with E-state index in [1.807, 2.05) is 30.5 Å². The Balaban J connectivity index is 2.29. The standard InChI is InChI=1S/C11H12N2O/c12-11(14)6-5-10-9-4-2-1-3-8(9)7-13-10/h1-4,7,13H,5-6H2,(H2,12,14). The van der Waals surface area contributed by atoms with E-state index in [4.69, 9.17) is 5.73 Å². The molecule has 2 rings (SSSR count). The quantitative estimate of drug-likeness (QED) is 0.754. The van der Waals surface area contributed by atoms with E-state index in [9.17, 15) is 4.79 Å². The van der Waals surface area contributed by atoms with Gasteiger partial charge in [0.15, 0.2) is 0 Å². The minimum absolute atomic E-state index is 0.260. The number of aromatic nitrogens is 1. The van der Waals surface area contributed by atoms with Gasteiger partial charge in [-0.2, -0.15) is 0 Å². The second-order valence-corrected chi connectivity index (χ2v) is 3.32. The van der Waals surface area contributed by atoms with E-state index in [0.29, 0.717) is 12.8 Å². The van der Waals surface area contributed by atoms with E-state index in [1.165, 1.54) is 10.8 Å². The zero-order valence-electron chi connectivity index (χ0n) is 7.79. The summed E-state index contributed by atoms with van der Waals surface area (Å²) < 4.78 is 0. The molecule has 0 bridgehead atoms. The fourth-order valence-electron chi connectivity index (χ4n) is 1.60. The van der Waals surface area contributed by atoms with Gasteiger partial charge in [0.1, 0.15) is 0 Å². The van der Waals surface area contributed by atoms with Crippen molar-refractivity contribution < 1.29 is 4.79 Å². The first kappa shape index (κ1) is 8.81. The number of carbonyl (C=O) groups is 1. The molecule has 0 unspecified atom stereocenters. The van der Waals surface area contributed by atoms with Crippen LogP contribution in [0.5, 0.6) is 0 Å². The summed E-state index contributed by atoms with van der Waals surface area (Å²) in [6, 6.07) is 8.07. The number of aryl methyl sites for hydroxylation is 1. The van der Waals surface area contributed by atoms with Crippen molar-refractivity contribution >= 4 is 16.7 Å². The number of amides is 1. The second-order valence-electron chi connectivity index (χ2n) is 3.32. The molecular weight excluding hydrogens is 176 g/mol. The maximum absolute atomic E-state index is 10.6. The third-order valence-corrected chi connectivity index (χ3v) is 2.31. The summed E-state index contributed by atoms with van der Waals surface area (Å²) in [6.45, 7) is 0. The molecule has 0 aliphatic rings. The van der Waals surface area contributed by atoms with E-state index < -0.39 is 0 Å². The molecule has 1 amide bonds. The van der Waals surface area contributed by atoms with Crippen LogP contribution in [-0.2, 0) is 11.2 Å². The van der Waals surface area contributed by atoms with Crippen LogP contribution in [-0.4, -0.2) is 10.9 Å². The van der Waals surface area contributed by atoms with Crippen molar-refractivity contribution in [3.05, 3.63) is 36.2 Å². The first-order chi connectivity index (χ1) is 6.77. The molecule has 0 aliphatic heterocycles. The molecule has 0 radical (unpaired) electrons. The molecule has 0 spiro atoms. The van der Waals surface area contributed by atoms with Crippen molar-refractivity contribution in [3.8, 4) is 0 Å². The molecule has 3 nitrogen and oxygen atoms in total. The molecular formula is C11H12N2O. The number of carbonyl (C=O) groups excluding carboxylic acids is 1. The van der Waals surface area contributed by atoms with Gasteiger partial charge in [-0.25, -0.2) is 0 Å². The summed E-state index contributed by atoms with van der Waals surface area (Å²) in [7, 11) is 0. The lowest BCUT2D eigenvalue weighted by molar-refractivity contribution is -0.117. The number of hydrogen-bond donors (Lipinski definition) is 2. The number of benzene rings is 1. The van der Waals surface area contributed by atoms with Gasteiger partial charge in [-0.15, -0.1) is 0 Å². The van der Waals surface area contributed by atoms with Crippen molar-refractivity contribution in [2.45, 2.75) is 12.8 Å². The van der Waals surface area contributed by atoms with Gasteiger partial charge >= 0.3 is 0 Å². The van der Waals surface area contributed by atoms with Crippen LogP contribution in [0.25, 0.3) is 10.8 Å². The van der Waals surface area contributed by atoms with Crippen LogP contribution in [0.3, 0.4) is 0 Å². The Kier molecular flexibility index (Phi) is 2.23. The Hall–Kier alpha value is -1.77. The number of primary amides is 1. The number of aromatic amines is 1. The minimum Gasteiger partial charge on any atom is -0.370 e. The molecule has 14 heavy (non-hydrogen) atoms. The maximum atomic E-state index is 10.6. The summed E-state index contributed by atoms with van der Waals surface area (Å²) in [4.78, 5) is 13.8. The highest BCUT2D eigenvalue weighted by molar-refractivity contribution is 5.85. The molecule has 2 aromatic rings. The summed E-state index contributed by atoms with van der Waals surface area (Å²) in [6.07, 6.45) is 3.03. The van der Waals surface area contributed by atoms with Crippen LogP contribution in [0.2, 0.25) is 0 Å². The molecule has 0 aliphatic carbocycles. The average molecular weight is 188 g/mol. The molecule has 1 aromatic carbocycles. The third kappa shape index (κ3) is 1.62. The van der Waals surface area contributed by atoms with Gasteiger partial charge in [-0.05, 0) is 11.8 Å². The first-order valence-electron chi connectivity index (χ1n) is 4.60. The van der Waals surface area contributed by atoms with Crippen molar-refractivity contribution in [1.82, 2.24) is 4.98 Å². The molecule has 0 saturated heterocycles. The Morgan fingerprint density at radius 2 is 2.14 bits per heavy atom. The molecule has 3 heteroatoms. The van der Waals surface area contributed by atoms with Crippen LogP contribution in [0.4, 0.5) is 0 Å². The molecule has 0 saturated carbocycles. The van der Waals surface area contributed by atoms with Gasteiger partial charge in [-0.3, -0.25) is 4.79 Å². The molecule has 3 N–H and O–H groups in total. The van der Waals surface area contributed by atoms with E-state index >= 15 is 0 Å². The lowest BCUT2D eigenvalue weighted by Gasteiger charge is -1.96. The zero-order chi connectivity index (χ0) is 9.97. The fourth-order valence-corrected chi connectivity index (χ4v) is 1.60. The van der Waals surface area contributed by atoms with E-state index in [-0.39, 0.29) is 5.91 Å². The highest BCUT2D eigenvalue weighted by Crippen LogP contribution is 2.18. The summed E-state index contributed by atoms with van der Waals surface area (Å²) in [5.41, 5.74) is 6.18. The van der Waals surface area contributed by atoms with Gasteiger partial charge in [-0.1, -0.05) is 24.3 Å². The van der Waals surface area contributed by atoms with Gasteiger partial charge in [0.05, 0.1) is 0 Å². The molecule has 72 valence electrons. The first-order valence-corrected chi connectivity index (χ1v) is 4.60. The molecule has 1 heterocycles. The minimum atomic E-state index is -0.260. The highest BCUT2D eigenvalue weighted by Gasteiger charge is 2.03. The Morgan fingerprint density at radius 3 is 2.93 bits per heavy atom. The van der Waals surface area contributed by atoms with Crippen molar-refractivity contribution in [3.63, 3.8) is 0 Å². The van der Waals surface area contributed by atoms with Gasteiger partial charge in [0.2, 0.25) is 5.91 Å². The van der Waals surface area contributed by atoms with Gasteiger partial charge < -0.3 is 10.7 Å². The Bertz CT molecular complexity index is 459. The SMILES string of the molecule is NC(=O)CCc1[nH]cc2ccccc12. The summed E-state index contributed by atoms with van der Waals surface area (Å²) in [5, 5.41) is 2.35. The number of nitrogens with two attached hydrogens (primary N) is 1. The van der Waals surface area contributed by atoms with E-state index in [1.54, 1.807) is 0 Å². The van der Waals surface area contributed by atoms with Gasteiger partial charge in [0, 0.05) is 23.7 Å². The van der Waals surface area contributed by atoms with Crippen molar-refractivity contribution in [2.75, 3.05) is 0 Å². The van der Waals surface area contributed by atoms with Crippen LogP contribution < -0.4 is 5.73 Å². The number of nitrogens with one attached hydrogen (secondary N) is 1. The van der Waals surface area contributed by atoms with Crippen LogP contribution in [0.15, 0.2) is 30.5 Å². The smallest absolute Gasteiger partial charge is 0.217 e. The Morgan fingerprint density at radius 1 is 1.36 bits per heavy atom. The molecule has 0 fully saturated rings. The number of fused-ring (bicyclic) bond motifs is 1. The van der Waals surface area contributed by atoms with Crippen LogP contribution in [0.1, 0.15) is 12.1 Å². The zero-order valence-corrected chi connectivity index (χ0v) is 7.79. The van der Waals surface area contributed by atoms with E-state index in [0.717, 1.165) is 5.69 Å². The topological polar surface area (TPSA) is 58.9 Å². The monoisotopic (exact) mass is 188 g/mol. The molecule has 1 aromatic heterocycles. The number of H-pyrrole nitrogens is 1. The largest absolute Gasteiger partial charge is 0.370 e. The number of hydrogen-bond acceptors (Lipinski definition) is 1. The fraction of sp³-hybridized carbons (Fsp3) is 0.182. The van der Waals surface area contributed by atoms with Gasteiger partial charge in [0.25, 0.3) is 0 Å².